The molecule has 2 aromatic carbocycles. The van der Waals surface area contributed by atoms with Gasteiger partial charge in [0.25, 0.3) is 17.8 Å². The summed E-state index contributed by atoms with van der Waals surface area (Å²) in [4.78, 5) is 114. The predicted molar refractivity (Wildman–Crippen MR) is 346 cm³/mol. The van der Waals surface area contributed by atoms with E-state index in [4.69, 9.17) is 31.1 Å². The molecule has 0 spiro atoms. The van der Waals surface area contributed by atoms with E-state index in [2.05, 4.69) is 35.5 Å². The molecule has 2 fully saturated rings. The Morgan fingerprint density at radius 2 is 1.58 bits per heavy atom. The second-order valence-electron chi connectivity index (χ2n) is 23.5. The number of nitrogens with two attached hydrogens (primary N) is 2. The fraction of sp³-hybridized carbons (Fsp3) is 0.531. The first-order chi connectivity index (χ1) is 43.5. The van der Waals surface area contributed by atoms with Crippen molar-refractivity contribution in [1.82, 2.24) is 35.0 Å². The Bertz CT molecular complexity index is 3000. The molecule has 6 rings (SSSR count). The molecule has 496 valence electrons. The topological polar surface area (TPSA) is 337 Å². The van der Waals surface area contributed by atoms with Gasteiger partial charge in [0.05, 0.1) is 17.4 Å². The maximum atomic E-state index is 15.3. The number of aliphatic hydroxyl groups is 1. The lowest BCUT2D eigenvalue weighted by molar-refractivity contribution is -0.151. The number of amidine groups is 1. The van der Waals surface area contributed by atoms with Gasteiger partial charge < -0.3 is 66.8 Å². The van der Waals surface area contributed by atoms with Gasteiger partial charge in [-0.2, -0.15) is 0 Å². The molecule has 0 saturated carbocycles. The molecule has 0 unspecified atom stereocenters. The molecule has 0 bridgehead atoms. The Morgan fingerprint density at radius 3 is 2.24 bits per heavy atom. The van der Waals surface area contributed by atoms with Gasteiger partial charge >= 0.3 is 18.1 Å². The molecule has 0 radical (unpaired) electrons. The van der Waals surface area contributed by atoms with Gasteiger partial charge in [-0.1, -0.05) is 58.4 Å². The first-order valence-electron chi connectivity index (χ1n) is 31.0. The average molecular weight is 1280 g/mol. The first-order valence-corrected chi connectivity index (χ1v) is 31.8. The van der Waals surface area contributed by atoms with Crippen molar-refractivity contribution in [2.75, 3.05) is 82.7 Å². The molecule has 25 nitrogen and oxygen atoms in total. The lowest BCUT2D eigenvalue weighted by Crippen LogP contribution is -2.54. The number of ether oxygens (including phenoxy) is 3. The van der Waals surface area contributed by atoms with Gasteiger partial charge in [0.2, 0.25) is 17.7 Å². The van der Waals surface area contributed by atoms with Crippen LogP contribution in [0.4, 0.5) is 25.4 Å². The van der Waals surface area contributed by atoms with Crippen LogP contribution in [0.15, 0.2) is 88.4 Å². The highest BCUT2D eigenvalue weighted by Crippen LogP contribution is 2.30. The van der Waals surface area contributed by atoms with Crippen LogP contribution in [0.25, 0.3) is 6.08 Å². The quantitative estimate of drug-likeness (QED) is 0.0115. The highest BCUT2D eigenvalue weighted by atomic mass is 32.2. The van der Waals surface area contributed by atoms with Gasteiger partial charge in [0.1, 0.15) is 36.7 Å². The van der Waals surface area contributed by atoms with Crippen LogP contribution in [-0.2, 0) is 49.6 Å². The Kier molecular flexibility index (Phi) is 28.3. The fourth-order valence-corrected chi connectivity index (χ4v) is 11.6. The molecular weight excluding hydrogens is 1190 g/mol. The first kappa shape index (κ1) is 71.8. The number of primary amides is 1. The number of imide groups is 1. The van der Waals surface area contributed by atoms with E-state index in [1.54, 1.807) is 73.3 Å². The number of unbranched alkanes of at least 4 members (excludes halogenated alkanes) is 2. The summed E-state index contributed by atoms with van der Waals surface area (Å²) in [7, 11) is 1.69. The summed E-state index contributed by atoms with van der Waals surface area (Å²) in [5, 5.41) is 30.5. The van der Waals surface area contributed by atoms with E-state index in [9.17, 15) is 43.5 Å². The van der Waals surface area contributed by atoms with Crippen LogP contribution in [0.1, 0.15) is 104 Å². The molecule has 0 aliphatic carbocycles. The van der Waals surface area contributed by atoms with Crippen LogP contribution in [-0.4, -0.2) is 187 Å². The molecule has 2 aromatic rings. The maximum Gasteiger partial charge on any atom is 0.410 e. The number of halogens is 1. The Hall–Kier alpha value is -8.30. The van der Waals surface area contributed by atoms with E-state index in [0.717, 1.165) is 15.5 Å². The van der Waals surface area contributed by atoms with Crippen LogP contribution in [0.2, 0.25) is 0 Å². The number of cyclic esters (lactones) is 1. The summed E-state index contributed by atoms with van der Waals surface area (Å²) in [6, 6.07) is 8.69. The molecule has 0 aromatic heterocycles. The molecule has 27 heteroatoms. The van der Waals surface area contributed by atoms with E-state index in [1.807, 2.05) is 32.9 Å². The van der Waals surface area contributed by atoms with Crippen LogP contribution >= 0.6 is 11.9 Å². The van der Waals surface area contributed by atoms with Crippen molar-refractivity contribution in [3.05, 3.63) is 100 Å². The number of urea groups is 1. The van der Waals surface area contributed by atoms with Gasteiger partial charge in [-0.05, 0) is 122 Å². The third-order valence-corrected chi connectivity index (χ3v) is 17.1. The molecule has 7 atom stereocenters. The number of esters is 1. The van der Waals surface area contributed by atoms with Crippen LogP contribution in [0, 0.1) is 29.0 Å². The second kappa shape index (κ2) is 35.9. The molecule has 10 N–H and O–H groups in total. The minimum atomic E-state index is -1.07. The summed E-state index contributed by atoms with van der Waals surface area (Å²) >= 11 is 1.52. The number of benzene rings is 2. The summed E-state index contributed by atoms with van der Waals surface area (Å²) < 4.78 is 35.5. The minimum absolute atomic E-state index is 0.0188. The number of nitrogens with one attached hydrogen (secondary N) is 5. The molecule has 91 heavy (non-hydrogen) atoms. The van der Waals surface area contributed by atoms with Crippen molar-refractivity contribution in [2.45, 2.75) is 129 Å². The van der Waals surface area contributed by atoms with Crippen molar-refractivity contribution in [2.24, 2.45) is 34.2 Å². The van der Waals surface area contributed by atoms with Crippen molar-refractivity contribution in [3.63, 3.8) is 0 Å². The van der Waals surface area contributed by atoms with E-state index in [-0.39, 0.29) is 114 Å². The number of carbonyl (C=O) groups excluding carboxylic acids is 8. The number of hydrogen-bond donors (Lipinski definition) is 8. The van der Waals surface area contributed by atoms with Gasteiger partial charge in [0.15, 0.2) is 0 Å². The second-order valence-corrected chi connectivity index (χ2v) is 24.7. The zero-order valence-corrected chi connectivity index (χ0v) is 53.7. The Labute approximate surface area is 536 Å². The predicted octanol–water partition coefficient (Wildman–Crippen LogP) is 5.56. The monoisotopic (exact) mass is 1280 g/mol. The standard InChI is InChI=1S/C64H90FN13O12S/c1-41(2)58(73-54(80)12-8-7-9-24-78-55(81)21-22-56(78)82)61(85)72-52(11-10-23-70-62(67)86)60(84)71-48-17-15-45(16-18-48)40-88-63(68)75-25-27-76(28-26-75)64(87)89-53-20-14-43(4)59(90-57(83)37-50(79)19-13-42(53)3)44(5)33-46-34-47(65)36-49(35-46)74-29-31-77(32-30-74)91-51(38-66)39-69-6/h14-18,20-22,33-36,38-39,41-43,50,52-53,58-59,68,79H,7-13,19,23-32,37,40,66H2,1-6H3,(H,71,84)(H,72,85)(H,73,80)(H3,67,70,86)/b20-14+,44-33+,51-38?,68-63?,69-39?/t42-,43-,50+,52-,53-,58-,59-/m0/s1. The Morgan fingerprint density at radius 1 is 0.890 bits per heavy atom. The molecule has 4 aliphatic heterocycles. The number of aliphatic imine (C=N–C) groups is 1. The van der Waals surface area contributed by atoms with Gasteiger partial charge in [-0.3, -0.25) is 44.1 Å². The van der Waals surface area contributed by atoms with Gasteiger partial charge in [-0.25, -0.2) is 18.3 Å². The molecular formula is C64H90FN13O12S. The summed E-state index contributed by atoms with van der Waals surface area (Å²) in [5.74, 6) is -4.20. The third kappa shape index (κ3) is 23.2. The number of nitrogens with zero attached hydrogens (tertiary/aromatic N) is 6. The molecule has 8 amide bonds. The fourth-order valence-electron chi connectivity index (χ4n) is 10.7. The van der Waals surface area contributed by atoms with Crippen LogP contribution in [0.5, 0.6) is 0 Å². The lowest BCUT2D eigenvalue weighted by Gasteiger charge is -2.36. The smallest absolute Gasteiger partial charge is 0.410 e. The molecule has 2 saturated heterocycles. The normalized spacial score (nSPS) is 21.5. The SMILES string of the molecule is CN=CC(=CN)SN1CCN(c2cc(F)cc(/C=C(\C)[C@H]3OC(=O)C[C@H](O)CC[C@H](C)[C@@H](OC(=O)N4CCN(C(=N)OCc5ccc(NC(=O)[C@H](CCCNC(N)=O)NC(=O)[C@@H](NC(=O)CCCCCN6C(=O)C=CC6=O)C(C)C)cc5)CC4)/C=C/[C@@H]3C)c2)CC1. The van der Waals surface area contributed by atoms with E-state index >= 15 is 4.39 Å². The number of rotatable bonds is 25. The highest BCUT2D eigenvalue weighted by Gasteiger charge is 2.33. The number of carbonyl (C=O) groups is 8. The largest absolute Gasteiger partial charge is 0.460 e. The number of anilines is 2. The summed E-state index contributed by atoms with van der Waals surface area (Å²) in [6.45, 7) is 13.3. The highest BCUT2D eigenvalue weighted by molar-refractivity contribution is 8.01. The number of amides is 8. The van der Waals surface area contributed by atoms with E-state index < -0.39 is 72.0 Å². The summed E-state index contributed by atoms with van der Waals surface area (Å²) in [5.41, 5.74) is 14.1. The maximum absolute atomic E-state index is 15.3. The van der Waals surface area contributed by atoms with Crippen LogP contribution in [0.3, 0.4) is 0 Å². The summed E-state index contributed by atoms with van der Waals surface area (Å²) in [6.07, 6.45) is 10.6. The zero-order valence-electron chi connectivity index (χ0n) is 52.9. The van der Waals surface area contributed by atoms with E-state index in [1.165, 1.54) is 42.4 Å². The van der Waals surface area contributed by atoms with Gasteiger partial charge in [0, 0.05) is 121 Å². The molecule has 4 heterocycles. The number of hydrogen-bond acceptors (Lipinski definition) is 18. The number of aliphatic hydroxyl groups excluding tert-OH is 1. The Balaban J connectivity index is 0.983. The zero-order chi connectivity index (χ0) is 66.1. The van der Waals surface area contributed by atoms with Crippen molar-refractivity contribution in [3.8, 4) is 0 Å². The van der Waals surface area contributed by atoms with Gasteiger partial charge in [-0.15, -0.1) is 0 Å². The van der Waals surface area contributed by atoms with Crippen molar-refractivity contribution < 1.29 is 62.1 Å². The number of piperazine rings is 2. The molecule has 4 aliphatic rings. The van der Waals surface area contributed by atoms with Crippen molar-refractivity contribution >= 4 is 89.3 Å². The van der Waals surface area contributed by atoms with Crippen LogP contribution < -0.4 is 37.6 Å². The minimum Gasteiger partial charge on any atom is -0.460 e. The number of allylic oxidation sites excluding steroid dienone is 1. The van der Waals surface area contributed by atoms with Crippen molar-refractivity contribution in [1.29, 1.82) is 5.41 Å². The lowest BCUT2D eigenvalue weighted by atomic mass is 9.91. The average Bonchev–Trinajstić information content (AvgIpc) is 3.39. The van der Waals surface area contributed by atoms with E-state index in [0.29, 0.717) is 74.2 Å². The third-order valence-electron chi connectivity index (χ3n) is 16.0.